The van der Waals surface area contributed by atoms with Crippen molar-refractivity contribution in [3.8, 4) is 0 Å². The van der Waals surface area contributed by atoms with Gasteiger partial charge in [-0.25, -0.2) is 0 Å². The zero-order valence-electron chi connectivity index (χ0n) is 9.21. The predicted molar refractivity (Wildman–Crippen MR) is 65.9 cm³/mol. The van der Waals surface area contributed by atoms with Crippen molar-refractivity contribution in [3.63, 3.8) is 0 Å². The minimum absolute atomic E-state index is 0.0451. The molecule has 94 valence electrons. The number of hydrogen-bond acceptors (Lipinski definition) is 2. The Kier molecular flexibility index (Phi) is 4.34. The molecule has 0 saturated heterocycles. The molecule has 1 unspecified atom stereocenters. The second-order valence-corrected chi connectivity index (χ2v) is 4.28. The molecule has 3 N–H and O–H groups in total. The fourth-order valence-electron chi connectivity index (χ4n) is 1.47. The van der Waals surface area contributed by atoms with Gasteiger partial charge in [-0.3, -0.25) is 0 Å². The Hall–Kier alpha value is -1.30. The number of alkyl halides is 3. The third-order valence-corrected chi connectivity index (χ3v) is 2.31. The predicted octanol–water partition coefficient (Wildman–Crippen LogP) is 3.18. The molecule has 1 aromatic rings. The second-order valence-electron chi connectivity index (χ2n) is 3.76. The van der Waals surface area contributed by atoms with Crippen molar-refractivity contribution < 1.29 is 13.2 Å². The van der Waals surface area contributed by atoms with E-state index in [2.05, 4.69) is 5.32 Å². The van der Waals surface area contributed by atoms with Gasteiger partial charge in [-0.1, -0.05) is 24.4 Å². The van der Waals surface area contributed by atoms with Crippen molar-refractivity contribution >= 4 is 22.9 Å². The molecule has 1 aromatic carbocycles. The van der Waals surface area contributed by atoms with Gasteiger partial charge in [0.15, 0.2) is 0 Å². The first-order valence-electron chi connectivity index (χ1n) is 5.01. The summed E-state index contributed by atoms with van der Waals surface area (Å²) in [6.07, 6.45) is -4.02. The van der Waals surface area contributed by atoms with E-state index in [1.165, 1.54) is 12.1 Å². The van der Waals surface area contributed by atoms with Gasteiger partial charge in [0.1, 0.15) is 0 Å². The smallest absolute Gasteiger partial charge is 0.393 e. The van der Waals surface area contributed by atoms with Crippen LogP contribution in [0.3, 0.4) is 0 Å². The first kappa shape index (κ1) is 13.8. The molecule has 6 heteroatoms. The molecule has 0 saturated carbocycles. The molecule has 0 aliphatic heterocycles. The Morgan fingerprint density at radius 1 is 1.41 bits per heavy atom. The Bertz CT molecular complexity index is 404. The normalized spacial score (nSPS) is 13.2. The molecule has 0 aliphatic rings. The van der Waals surface area contributed by atoms with Gasteiger partial charge < -0.3 is 11.1 Å². The summed E-state index contributed by atoms with van der Waals surface area (Å²) in [5.74, 6) is 0. The maximum Gasteiger partial charge on any atom is 0.418 e. The summed E-state index contributed by atoms with van der Waals surface area (Å²) < 4.78 is 38.0. The van der Waals surface area contributed by atoms with Gasteiger partial charge in [-0.15, -0.1) is 0 Å². The summed E-state index contributed by atoms with van der Waals surface area (Å²) in [5, 5.41) is 2.76. The van der Waals surface area contributed by atoms with Crippen LogP contribution in [-0.4, -0.2) is 11.0 Å². The summed E-state index contributed by atoms with van der Waals surface area (Å²) in [4.78, 5) is 0.273. The quantitative estimate of drug-likeness (QED) is 0.818. The number of thiocarbonyl (C=S) groups is 1. The van der Waals surface area contributed by atoms with E-state index in [9.17, 15) is 13.2 Å². The number of anilines is 1. The zero-order chi connectivity index (χ0) is 13.1. The highest BCUT2D eigenvalue weighted by Gasteiger charge is 2.33. The lowest BCUT2D eigenvalue weighted by atomic mass is 10.1. The molecule has 1 rings (SSSR count). The molecule has 0 amide bonds. The van der Waals surface area contributed by atoms with Gasteiger partial charge in [0.05, 0.1) is 10.6 Å². The lowest BCUT2D eigenvalue weighted by Gasteiger charge is -2.18. The summed E-state index contributed by atoms with van der Waals surface area (Å²) in [7, 11) is 0. The largest absolute Gasteiger partial charge is 0.418 e. The SMILES string of the molecule is CC(CC(N)=S)Nc1ccccc1C(F)(F)F. The monoisotopic (exact) mass is 262 g/mol. The number of hydrogen-bond donors (Lipinski definition) is 2. The van der Waals surface area contributed by atoms with Crippen LogP contribution in [0.2, 0.25) is 0 Å². The molecule has 17 heavy (non-hydrogen) atoms. The first-order valence-corrected chi connectivity index (χ1v) is 5.42. The van der Waals surface area contributed by atoms with Gasteiger partial charge in [-0.2, -0.15) is 13.2 Å². The molecule has 2 nitrogen and oxygen atoms in total. The lowest BCUT2D eigenvalue weighted by Crippen LogP contribution is -2.24. The maximum absolute atomic E-state index is 12.7. The fourth-order valence-corrected chi connectivity index (χ4v) is 1.72. The maximum atomic E-state index is 12.7. The Balaban J connectivity index is 2.87. The molecular weight excluding hydrogens is 249 g/mol. The van der Waals surface area contributed by atoms with Gasteiger partial charge in [-0.05, 0) is 19.1 Å². The fraction of sp³-hybridized carbons (Fsp3) is 0.364. The van der Waals surface area contributed by atoms with Crippen molar-refractivity contribution in [1.29, 1.82) is 0 Å². The van der Waals surface area contributed by atoms with Crippen LogP contribution >= 0.6 is 12.2 Å². The summed E-state index contributed by atoms with van der Waals surface area (Å²) in [6, 6.07) is 5.09. The number of nitrogens with two attached hydrogens (primary N) is 1. The van der Waals surface area contributed by atoms with Crippen LogP contribution in [0.1, 0.15) is 18.9 Å². The minimum Gasteiger partial charge on any atom is -0.393 e. The summed E-state index contributed by atoms with van der Waals surface area (Å²) in [5.41, 5.74) is 4.70. The van der Waals surface area contributed by atoms with Gasteiger partial charge in [0, 0.05) is 18.2 Å². The van der Waals surface area contributed by atoms with E-state index >= 15 is 0 Å². The van der Waals surface area contributed by atoms with E-state index in [4.69, 9.17) is 18.0 Å². The average molecular weight is 262 g/mol. The molecule has 0 fully saturated rings. The van der Waals surface area contributed by atoms with E-state index in [0.717, 1.165) is 6.07 Å². The number of rotatable bonds is 4. The number of para-hydroxylation sites is 1. The Labute approximate surface area is 103 Å². The van der Waals surface area contributed by atoms with Crippen molar-refractivity contribution in [1.82, 2.24) is 0 Å². The van der Waals surface area contributed by atoms with E-state index in [1.807, 2.05) is 0 Å². The Morgan fingerprint density at radius 3 is 2.53 bits per heavy atom. The third-order valence-electron chi connectivity index (χ3n) is 2.14. The molecule has 0 bridgehead atoms. The van der Waals surface area contributed by atoms with Gasteiger partial charge >= 0.3 is 6.18 Å². The van der Waals surface area contributed by atoms with Crippen LogP contribution in [-0.2, 0) is 6.18 Å². The highest BCUT2D eigenvalue weighted by molar-refractivity contribution is 7.80. The van der Waals surface area contributed by atoms with Crippen LogP contribution in [0.15, 0.2) is 24.3 Å². The average Bonchev–Trinajstić information content (AvgIpc) is 2.15. The molecule has 0 heterocycles. The first-order chi connectivity index (χ1) is 7.80. The Morgan fingerprint density at radius 2 is 2.00 bits per heavy atom. The van der Waals surface area contributed by atoms with Crippen LogP contribution in [0.25, 0.3) is 0 Å². The molecule has 0 spiro atoms. The number of benzene rings is 1. The molecule has 0 radical (unpaired) electrons. The lowest BCUT2D eigenvalue weighted by molar-refractivity contribution is -0.137. The topological polar surface area (TPSA) is 38.0 Å². The molecular formula is C11H13F3N2S. The van der Waals surface area contributed by atoms with Crippen molar-refractivity contribution in [2.75, 3.05) is 5.32 Å². The highest BCUT2D eigenvalue weighted by Crippen LogP contribution is 2.34. The summed E-state index contributed by atoms with van der Waals surface area (Å²) >= 11 is 4.71. The van der Waals surface area contributed by atoms with Gasteiger partial charge in [0.2, 0.25) is 0 Å². The van der Waals surface area contributed by atoms with Gasteiger partial charge in [0.25, 0.3) is 0 Å². The van der Waals surface area contributed by atoms with Crippen molar-refractivity contribution in [3.05, 3.63) is 29.8 Å². The molecule has 0 aromatic heterocycles. The number of halogens is 3. The van der Waals surface area contributed by atoms with Crippen LogP contribution < -0.4 is 11.1 Å². The van der Waals surface area contributed by atoms with E-state index in [-0.39, 0.29) is 16.7 Å². The minimum atomic E-state index is -4.37. The van der Waals surface area contributed by atoms with E-state index < -0.39 is 11.7 Å². The zero-order valence-corrected chi connectivity index (χ0v) is 10.0. The third kappa shape index (κ3) is 4.22. The standard InChI is InChI=1S/C11H13F3N2S/c1-7(6-10(15)17)16-9-5-3-2-4-8(9)11(12,13)14/h2-5,7,16H,6H2,1H3,(H2,15,17). The number of nitrogens with one attached hydrogen (secondary N) is 1. The molecule has 1 atom stereocenters. The van der Waals surface area contributed by atoms with E-state index in [1.54, 1.807) is 13.0 Å². The van der Waals surface area contributed by atoms with Crippen LogP contribution in [0.4, 0.5) is 18.9 Å². The highest BCUT2D eigenvalue weighted by atomic mass is 32.1. The van der Waals surface area contributed by atoms with Crippen LogP contribution in [0.5, 0.6) is 0 Å². The molecule has 0 aliphatic carbocycles. The van der Waals surface area contributed by atoms with Crippen molar-refractivity contribution in [2.45, 2.75) is 25.6 Å². The van der Waals surface area contributed by atoms with E-state index in [0.29, 0.717) is 6.42 Å². The second kappa shape index (κ2) is 5.35. The van der Waals surface area contributed by atoms with Crippen LogP contribution in [0, 0.1) is 0 Å². The summed E-state index contributed by atoms with van der Waals surface area (Å²) in [6.45, 7) is 1.73. The van der Waals surface area contributed by atoms with Crippen molar-refractivity contribution in [2.24, 2.45) is 5.73 Å².